The molecule has 51 heavy (non-hydrogen) atoms. The summed E-state index contributed by atoms with van der Waals surface area (Å²) in [5, 5.41) is 0. The van der Waals surface area contributed by atoms with Crippen molar-refractivity contribution in [2.75, 3.05) is 13.2 Å². The Morgan fingerprint density at radius 3 is 1.69 bits per heavy atom. The number of phosphoric ester groups is 1. The van der Waals surface area contributed by atoms with Gasteiger partial charge in [0.15, 0.2) is 11.9 Å². The number of hydrogen-bond acceptors (Lipinski definition) is 7. The number of carbonyl (C=O) groups is 3. The van der Waals surface area contributed by atoms with Crippen LogP contribution in [0.5, 0.6) is 0 Å². The molecule has 0 aromatic carbocycles. The highest BCUT2D eigenvalue weighted by Crippen LogP contribution is 2.35. The Kier molecular flexibility index (Phi) is 32.8. The quantitative estimate of drug-likeness (QED) is 0.0173. The molecule has 0 amide bonds. The first kappa shape index (κ1) is 47.6. The molecule has 0 aliphatic heterocycles. The van der Waals surface area contributed by atoms with Gasteiger partial charge in [-0.05, 0) is 83.1 Å². The van der Waals surface area contributed by atoms with E-state index in [-0.39, 0.29) is 31.5 Å². The topological polar surface area (TPSA) is 136 Å². The zero-order valence-corrected chi connectivity index (χ0v) is 31.8. The molecule has 0 fully saturated rings. The number of esters is 2. The predicted molar refractivity (Wildman–Crippen MR) is 207 cm³/mol. The maximum atomic E-state index is 12.3. The van der Waals surface area contributed by atoms with Crippen LogP contribution < -0.4 is 0 Å². The number of phosphoric acid groups is 1. The minimum Gasteiger partial charge on any atom is -0.462 e. The van der Waals surface area contributed by atoms with E-state index in [0.29, 0.717) is 6.42 Å². The van der Waals surface area contributed by atoms with E-state index in [1.807, 2.05) is 12.2 Å². The van der Waals surface area contributed by atoms with Crippen molar-refractivity contribution in [1.82, 2.24) is 0 Å². The van der Waals surface area contributed by atoms with E-state index in [9.17, 15) is 18.9 Å². The Morgan fingerprint density at radius 1 is 0.588 bits per heavy atom. The first-order valence-corrected chi connectivity index (χ1v) is 20.0. The SMILES string of the molecule is CC/C=C\C/C=C\C/C=C\C/C=C\CCCCC(=O)O[C@H](COC(=O)CCCC(=O)/C=C/C=C\C/C=C\C/C=C\CCCCC)COP(=O)(O)O. The van der Waals surface area contributed by atoms with E-state index >= 15 is 0 Å². The smallest absolute Gasteiger partial charge is 0.462 e. The Morgan fingerprint density at radius 2 is 1.12 bits per heavy atom. The molecule has 1 atom stereocenters. The summed E-state index contributed by atoms with van der Waals surface area (Å²) in [4.78, 5) is 54.7. The number of allylic oxidation sites excluding steroid dienone is 16. The van der Waals surface area contributed by atoms with Crippen molar-refractivity contribution in [1.29, 1.82) is 0 Å². The Balaban J connectivity index is 4.29. The van der Waals surface area contributed by atoms with Crippen molar-refractivity contribution in [3.05, 3.63) is 97.2 Å². The van der Waals surface area contributed by atoms with Crippen molar-refractivity contribution in [3.63, 3.8) is 0 Å². The number of hydrogen-bond donors (Lipinski definition) is 2. The predicted octanol–water partition coefficient (Wildman–Crippen LogP) is 10.2. The summed E-state index contributed by atoms with van der Waals surface area (Å²) in [7, 11) is -4.82. The van der Waals surface area contributed by atoms with Crippen LogP contribution >= 0.6 is 7.82 Å². The van der Waals surface area contributed by atoms with Gasteiger partial charge in [-0.25, -0.2) is 4.57 Å². The van der Waals surface area contributed by atoms with Crippen molar-refractivity contribution in [2.24, 2.45) is 0 Å². The molecular formula is C41H63O9P. The molecule has 0 aromatic rings. The summed E-state index contributed by atoms with van der Waals surface area (Å²) in [6.45, 7) is 3.26. The van der Waals surface area contributed by atoms with E-state index in [2.05, 4.69) is 91.3 Å². The molecule has 0 aliphatic rings. The van der Waals surface area contributed by atoms with Crippen LogP contribution in [0, 0.1) is 0 Å². The summed E-state index contributed by atoms with van der Waals surface area (Å²) in [6, 6.07) is 0. The lowest BCUT2D eigenvalue weighted by molar-refractivity contribution is -0.161. The monoisotopic (exact) mass is 730 g/mol. The van der Waals surface area contributed by atoms with Gasteiger partial charge in [-0.15, -0.1) is 0 Å². The highest BCUT2D eigenvalue weighted by molar-refractivity contribution is 7.46. The lowest BCUT2D eigenvalue weighted by atomic mass is 10.1. The lowest BCUT2D eigenvalue weighted by Crippen LogP contribution is -2.29. The van der Waals surface area contributed by atoms with Gasteiger partial charge in [-0.3, -0.25) is 18.9 Å². The largest absolute Gasteiger partial charge is 0.469 e. The van der Waals surface area contributed by atoms with Gasteiger partial charge in [0.2, 0.25) is 0 Å². The lowest BCUT2D eigenvalue weighted by Gasteiger charge is -2.18. The fourth-order valence-electron chi connectivity index (χ4n) is 4.31. The molecule has 0 aliphatic carbocycles. The van der Waals surface area contributed by atoms with Crippen molar-refractivity contribution in [2.45, 2.75) is 129 Å². The second kappa shape index (κ2) is 35.1. The summed E-state index contributed by atoms with van der Waals surface area (Å²) in [6.07, 6.45) is 44.2. The maximum absolute atomic E-state index is 12.3. The molecule has 0 bridgehead atoms. The standard InChI is InChI=1S/C41H63O9P/c1-3-5-7-9-11-13-15-17-18-20-22-24-26-28-30-34-41(44)50-39(37-49-51(45,46)47)36-48-40(43)35-31-33-38(42)32-29-27-25-23-21-19-16-14-12-10-8-6-4-2/h5,7,11-14,17-19,21-22,24-25,27,29,32,39H,3-4,6,8-10,15-16,20,23,26,28,30-31,33-37H2,1-2H3,(H2,45,46,47)/b7-5-,13-11-,14-12-,18-17-,21-19-,24-22-,27-25-,32-29+/t39-/m1/s1. The van der Waals surface area contributed by atoms with Crippen LogP contribution in [0.1, 0.15) is 123 Å². The third-order valence-corrected chi connectivity index (χ3v) is 7.55. The number of unbranched alkanes of at least 4 members (excludes halogenated alkanes) is 5. The van der Waals surface area contributed by atoms with Crippen molar-refractivity contribution >= 4 is 25.5 Å². The van der Waals surface area contributed by atoms with Crippen LogP contribution in [0.4, 0.5) is 0 Å². The van der Waals surface area contributed by atoms with Gasteiger partial charge < -0.3 is 19.3 Å². The molecule has 0 saturated carbocycles. The highest BCUT2D eigenvalue weighted by atomic mass is 31.2. The van der Waals surface area contributed by atoms with Crippen LogP contribution in [0.15, 0.2) is 97.2 Å². The van der Waals surface area contributed by atoms with Crippen LogP contribution in [-0.4, -0.2) is 46.8 Å². The number of ketones is 1. The second-order valence-electron chi connectivity index (χ2n) is 11.8. The maximum Gasteiger partial charge on any atom is 0.469 e. The Labute approximate surface area is 307 Å². The molecule has 9 nitrogen and oxygen atoms in total. The van der Waals surface area contributed by atoms with Gasteiger partial charge in [-0.1, -0.05) is 118 Å². The van der Waals surface area contributed by atoms with Gasteiger partial charge in [0, 0.05) is 19.3 Å². The van der Waals surface area contributed by atoms with Gasteiger partial charge in [0.1, 0.15) is 6.61 Å². The van der Waals surface area contributed by atoms with E-state index in [4.69, 9.17) is 19.3 Å². The first-order chi connectivity index (χ1) is 24.7. The van der Waals surface area contributed by atoms with E-state index < -0.39 is 39.1 Å². The summed E-state index contributed by atoms with van der Waals surface area (Å²) < 4.78 is 26.1. The van der Waals surface area contributed by atoms with Crippen LogP contribution in [-0.2, 0) is 32.9 Å². The molecule has 0 aromatic heterocycles. The van der Waals surface area contributed by atoms with Crippen LogP contribution in [0.2, 0.25) is 0 Å². The fourth-order valence-corrected chi connectivity index (χ4v) is 4.67. The number of carbonyl (C=O) groups excluding carboxylic acids is 3. The third kappa shape index (κ3) is 37.7. The van der Waals surface area contributed by atoms with E-state index in [1.54, 1.807) is 6.08 Å². The average molecular weight is 731 g/mol. The minimum absolute atomic E-state index is 0.0371. The molecule has 0 unspecified atom stereocenters. The van der Waals surface area contributed by atoms with E-state index in [0.717, 1.165) is 57.8 Å². The zero-order chi connectivity index (χ0) is 37.7. The van der Waals surface area contributed by atoms with Crippen molar-refractivity contribution in [3.8, 4) is 0 Å². The summed E-state index contributed by atoms with van der Waals surface area (Å²) in [5.74, 6) is -1.33. The second-order valence-corrected chi connectivity index (χ2v) is 13.1. The molecule has 0 saturated heterocycles. The molecule has 0 radical (unpaired) electrons. The first-order valence-electron chi connectivity index (χ1n) is 18.5. The molecule has 0 rings (SSSR count). The van der Waals surface area contributed by atoms with Gasteiger partial charge in [0.25, 0.3) is 0 Å². The minimum atomic E-state index is -4.82. The van der Waals surface area contributed by atoms with Crippen LogP contribution in [0.3, 0.4) is 0 Å². The van der Waals surface area contributed by atoms with Gasteiger partial charge in [0.05, 0.1) is 6.61 Å². The fraction of sp³-hybridized carbons (Fsp3) is 0.537. The molecule has 10 heteroatoms. The van der Waals surface area contributed by atoms with E-state index in [1.165, 1.54) is 25.3 Å². The molecule has 0 spiro atoms. The van der Waals surface area contributed by atoms with Gasteiger partial charge in [-0.2, -0.15) is 0 Å². The summed E-state index contributed by atoms with van der Waals surface area (Å²) >= 11 is 0. The molecule has 0 heterocycles. The Bertz CT molecular complexity index is 1200. The molecule has 286 valence electrons. The van der Waals surface area contributed by atoms with Gasteiger partial charge >= 0.3 is 19.8 Å². The molecular weight excluding hydrogens is 667 g/mol. The number of ether oxygens (including phenoxy) is 2. The zero-order valence-electron chi connectivity index (χ0n) is 30.9. The highest BCUT2D eigenvalue weighted by Gasteiger charge is 2.22. The number of rotatable bonds is 32. The Hall–Kier alpha value is -3.36. The molecule has 2 N–H and O–H groups in total. The normalized spacial score (nSPS) is 13.5. The third-order valence-electron chi connectivity index (χ3n) is 7.06. The summed E-state index contributed by atoms with van der Waals surface area (Å²) in [5.41, 5.74) is 0. The average Bonchev–Trinajstić information content (AvgIpc) is 3.09. The van der Waals surface area contributed by atoms with Crippen LogP contribution in [0.25, 0.3) is 0 Å². The van der Waals surface area contributed by atoms with Crippen molar-refractivity contribution < 1.29 is 42.7 Å².